The molecular weight excluding hydrogens is 278 g/mol. The molecule has 5 heteroatoms. The first kappa shape index (κ1) is 16.5. The van der Waals surface area contributed by atoms with Crippen molar-refractivity contribution in [3.63, 3.8) is 0 Å². The zero-order chi connectivity index (χ0) is 15.9. The Hall–Kier alpha value is -1.88. The maximum Gasteiger partial charge on any atom is 0.227 e. The van der Waals surface area contributed by atoms with E-state index in [0.717, 1.165) is 25.7 Å². The van der Waals surface area contributed by atoms with Gasteiger partial charge in [0, 0.05) is 23.7 Å². The molecule has 2 rings (SSSR count). The van der Waals surface area contributed by atoms with Gasteiger partial charge < -0.3 is 16.4 Å². The highest BCUT2D eigenvalue weighted by atomic mass is 16.2. The first-order valence-electron chi connectivity index (χ1n) is 8.05. The molecule has 0 aliphatic heterocycles. The fraction of sp³-hybridized carbons (Fsp3) is 0.529. The number of rotatable bonds is 6. The summed E-state index contributed by atoms with van der Waals surface area (Å²) < 4.78 is 0. The number of amides is 2. The number of benzene rings is 1. The van der Waals surface area contributed by atoms with E-state index in [1.165, 1.54) is 0 Å². The van der Waals surface area contributed by atoms with E-state index in [1.54, 1.807) is 6.07 Å². The summed E-state index contributed by atoms with van der Waals surface area (Å²) in [7, 11) is 0. The lowest BCUT2D eigenvalue weighted by molar-refractivity contribution is -0.120. The summed E-state index contributed by atoms with van der Waals surface area (Å²) >= 11 is 0. The summed E-state index contributed by atoms with van der Waals surface area (Å²) in [6, 6.07) is 7.27. The zero-order valence-corrected chi connectivity index (χ0v) is 13.1. The van der Waals surface area contributed by atoms with Crippen LogP contribution in [-0.4, -0.2) is 18.4 Å². The summed E-state index contributed by atoms with van der Waals surface area (Å²) in [5.41, 5.74) is 7.15. The second-order valence-corrected chi connectivity index (χ2v) is 5.90. The van der Waals surface area contributed by atoms with Gasteiger partial charge in [-0.15, -0.1) is 0 Å². The Labute approximate surface area is 131 Å². The number of nitrogens with one attached hydrogen (secondary N) is 2. The van der Waals surface area contributed by atoms with E-state index >= 15 is 0 Å². The van der Waals surface area contributed by atoms with Crippen LogP contribution in [-0.2, 0) is 9.59 Å². The normalized spacial score (nSPS) is 20.6. The number of anilines is 2. The molecule has 1 aliphatic carbocycles. The first-order chi connectivity index (χ1) is 10.6. The van der Waals surface area contributed by atoms with Crippen molar-refractivity contribution in [3.05, 3.63) is 24.3 Å². The van der Waals surface area contributed by atoms with Crippen LogP contribution in [0.4, 0.5) is 11.4 Å². The van der Waals surface area contributed by atoms with Gasteiger partial charge in [0.15, 0.2) is 0 Å². The van der Waals surface area contributed by atoms with Crippen LogP contribution >= 0.6 is 0 Å². The number of hydrogen-bond donors (Lipinski definition) is 3. The molecule has 0 bridgehead atoms. The zero-order valence-electron chi connectivity index (χ0n) is 13.1. The van der Waals surface area contributed by atoms with E-state index in [0.29, 0.717) is 24.3 Å². The van der Waals surface area contributed by atoms with Gasteiger partial charge >= 0.3 is 0 Å². The van der Waals surface area contributed by atoms with Crippen LogP contribution in [0.15, 0.2) is 24.3 Å². The first-order valence-corrected chi connectivity index (χ1v) is 8.05. The van der Waals surface area contributed by atoms with Gasteiger partial charge in [-0.05, 0) is 49.9 Å². The van der Waals surface area contributed by atoms with Gasteiger partial charge in [-0.3, -0.25) is 9.59 Å². The summed E-state index contributed by atoms with van der Waals surface area (Å²) in [6.07, 6.45) is 4.30. The summed E-state index contributed by atoms with van der Waals surface area (Å²) in [5, 5.41) is 5.78. The SMILES string of the molecule is CCCC(=O)Nc1cccc(NC(=O)[C@@H]2CCC[C@@H]2CN)c1. The smallest absolute Gasteiger partial charge is 0.227 e. The molecule has 1 saturated carbocycles. The van der Waals surface area contributed by atoms with Crippen LogP contribution < -0.4 is 16.4 Å². The standard InChI is InChI=1S/C17H25N3O2/c1-2-5-16(21)19-13-7-4-8-14(10-13)20-17(22)15-9-3-6-12(15)11-18/h4,7-8,10,12,15H,2-3,5-6,9,11,18H2,1H3,(H,19,21)(H,20,22)/t12-,15-/m1/s1. The van der Waals surface area contributed by atoms with Crippen molar-refractivity contribution in [2.45, 2.75) is 39.0 Å². The Morgan fingerprint density at radius 1 is 1.23 bits per heavy atom. The predicted octanol–water partition coefficient (Wildman–Crippen LogP) is 2.74. The lowest BCUT2D eigenvalue weighted by Gasteiger charge is -2.17. The number of nitrogens with two attached hydrogens (primary N) is 1. The molecule has 0 radical (unpaired) electrons. The average Bonchev–Trinajstić information content (AvgIpc) is 2.96. The second-order valence-electron chi connectivity index (χ2n) is 5.90. The molecular formula is C17H25N3O2. The van der Waals surface area contributed by atoms with Crippen LogP contribution in [0.2, 0.25) is 0 Å². The molecule has 0 aromatic heterocycles. The molecule has 2 amide bonds. The molecule has 1 aromatic carbocycles. The molecule has 0 saturated heterocycles. The van der Waals surface area contributed by atoms with Gasteiger partial charge in [-0.25, -0.2) is 0 Å². The molecule has 5 nitrogen and oxygen atoms in total. The van der Waals surface area contributed by atoms with Crippen LogP contribution in [0.1, 0.15) is 39.0 Å². The number of carbonyl (C=O) groups is 2. The third-order valence-electron chi connectivity index (χ3n) is 4.19. The minimum atomic E-state index is -0.00929. The lowest BCUT2D eigenvalue weighted by atomic mass is 9.95. The van der Waals surface area contributed by atoms with Crippen molar-refractivity contribution in [2.24, 2.45) is 17.6 Å². The van der Waals surface area contributed by atoms with Crippen LogP contribution in [0.3, 0.4) is 0 Å². The van der Waals surface area contributed by atoms with Crippen LogP contribution in [0.25, 0.3) is 0 Å². The minimum absolute atomic E-state index is 0.00309. The van der Waals surface area contributed by atoms with E-state index < -0.39 is 0 Å². The van der Waals surface area contributed by atoms with E-state index in [4.69, 9.17) is 5.73 Å². The largest absolute Gasteiger partial charge is 0.330 e. The van der Waals surface area contributed by atoms with E-state index in [1.807, 2.05) is 25.1 Å². The molecule has 22 heavy (non-hydrogen) atoms. The molecule has 0 spiro atoms. The molecule has 0 heterocycles. The Morgan fingerprint density at radius 2 is 1.95 bits per heavy atom. The number of carbonyl (C=O) groups excluding carboxylic acids is 2. The lowest BCUT2D eigenvalue weighted by Crippen LogP contribution is -2.29. The Morgan fingerprint density at radius 3 is 2.64 bits per heavy atom. The van der Waals surface area contributed by atoms with Crippen molar-refractivity contribution in [1.82, 2.24) is 0 Å². The van der Waals surface area contributed by atoms with Crippen molar-refractivity contribution in [1.29, 1.82) is 0 Å². The van der Waals surface area contributed by atoms with Gasteiger partial charge in [0.1, 0.15) is 0 Å². The van der Waals surface area contributed by atoms with E-state index in [9.17, 15) is 9.59 Å². The molecule has 1 aromatic rings. The summed E-state index contributed by atoms with van der Waals surface area (Å²) in [4.78, 5) is 24.0. The maximum atomic E-state index is 12.4. The predicted molar refractivity (Wildman–Crippen MR) is 88.5 cm³/mol. The van der Waals surface area contributed by atoms with Crippen molar-refractivity contribution < 1.29 is 9.59 Å². The monoisotopic (exact) mass is 303 g/mol. The minimum Gasteiger partial charge on any atom is -0.330 e. The van der Waals surface area contributed by atoms with Crippen LogP contribution in [0.5, 0.6) is 0 Å². The second kappa shape index (κ2) is 7.94. The van der Waals surface area contributed by atoms with Crippen molar-refractivity contribution in [2.75, 3.05) is 17.2 Å². The van der Waals surface area contributed by atoms with Crippen LogP contribution in [0, 0.1) is 11.8 Å². The fourth-order valence-electron chi connectivity index (χ4n) is 3.02. The quantitative estimate of drug-likeness (QED) is 0.755. The van der Waals surface area contributed by atoms with Crippen molar-refractivity contribution >= 4 is 23.2 Å². The molecule has 1 fully saturated rings. The Bertz CT molecular complexity index is 530. The van der Waals surface area contributed by atoms with Crippen molar-refractivity contribution in [3.8, 4) is 0 Å². The highest BCUT2D eigenvalue weighted by molar-refractivity contribution is 5.95. The van der Waals surface area contributed by atoms with Gasteiger partial charge in [0.2, 0.25) is 11.8 Å². The highest BCUT2D eigenvalue weighted by Crippen LogP contribution is 2.32. The Kier molecular flexibility index (Phi) is 5.95. The molecule has 1 aliphatic rings. The fourth-order valence-corrected chi connectivity index (χ4v) is 3.02. The molecule has 4 N–H and O–H groups in total. The van der Waals surface area contributed by atoms with E-state index in [-0.39, 0.29) is 23.7 Å². The van der Waals surface area contributed by atoms with Gasteiger partial charge in [-0.1, -0.05) is 19.4 Å². The molecule has 120 valence electrons. The average molecular weight is 303 g/mol. The molecule has 2 atom stereocenters. The maximum absolute atomic E-state index is 12.4. The topological polar surface area (TPSA) is 84.2 Å². The van der Waals surface area contributed by atoms with Gasteiger partial charge in [0.05, 0.1) is 0 Å². The Balaban J connectivity index is 1.98. The highest BCUT2D eigenvalue weighted by Gasteiger charge is 2.31. The van der Waals surface area contributed by atoms with Gasteiger partial charge in [0.25, 0.3) is 0 Å². The summed E-state index contributed by atoms with van der Waals surface area (Å²) in [5.74, 6) is 0.311. The third kappa shape index (κ3) is 4.31. The third-order valence-corrected chi connectivity index (χ3v) is 4.19. The molecule has 0 unspecified atom stereocenters. The van der Waals surface area contributed by atoms with Gasteiger partial charge in [-0.2, -0.15) is 0 Å². The number of hydrogen-bond acceptors (Lipinski definition) is 3. The summed E-state index contributed by atoms with van der Waals surface area (Å²) in [6.45, 7) is 2.52. The van der Waals surface area contributed by atoms with E-state index in [2.05, 4.69) is 10.6 Å².